The smallest absolute Gasteiger partial charge is 0.322 e. The van der Waals surface area contributed by atoms with Crippen molar-refractivity contribution in [1.82, 2.24) is 9.78 Å². The minimum atomic E-state index is -3.87. The Morgan fingerprint density at radius 1 is 0.905 bits per heavy atom. The van der Waals surface area contributed by atoms with Crippen molar-refractivity contribution in [3.05, 3.63) is 118 Å². The Hall–Kier alpha value is -3.98. The third-order valence-electron chi connectivity index (χ3n) is 6.89. The monoisotopic (exact) mass is 591 g/mol. The van der Waals surface area contributed by atoms with E-state index in [1.807, 2.05) is 6.07 Å². The van der Waals surface area contributed by atoms with E-state index in [-0.39, 0.29) is 18.3 Å². The van der Waals surface area contributed by atoms with E-state index < -0.39 is 21.9 Å². The number of aryl methyl sites for hydroxylation is 3. The van der Waals surface area contributed by atoms with Gasteiger partial charge in [0.2, 0.25) is 0 Å². The summed E-state index contributed by atoms with van der Waals surface area (Å²) in [5.41, 5.74) is 6.68. The number of rotatable bonds is 12. The minimum Gasteiger partial charge on any atom is -0.381 e. The van der Waals surface area contributed by atoms with Crippen LogP contribution in [0.4, 0.5) is 10.1 Å². The molecule has 0 bridgehead atoms. The van der Waals surface area contributed by atoms with Crippen LogP contribution in [0.25, 0.3) is 0 Å². The number of nitrogens with one attached hydrogen (secondary N) is 1. The topological polar surface area (TPSA) is 90.3 Å². The van der Waals surface area contributed by atoms with Crippen LogP contribution in [0.2, 0.25) is 0 Å². The maximum atomic E-state index is 14.6. The molecule has 4 rings (SSSR count). The Morgan fingerprint density at radius 2 is 1.60 bits per heavy atom. The normalized spacial score (nSPS) is 11.8. The summed E-state index contributed by atoms with van der Waals surface area (Å²) in [4.78, 5) is 11.6. The van der Waals surface area contributed by atoms with E-state index in [0.717, 1.165) is 35.9 Å². The molecular weight excluding hydrogens is 553 g/mol. The van der Waals surface area contributed by atoms with Gasteiger partial charge >= 0.3 is 16.1 Å². The molecule has 7 nitrogen and oxygen atoms in total. The second kappa shape index (κ2) is 13.3. The van der Waals surface area contributed by atoms with E-state index in [2.05, 4.69) is 89.6 Å². The second-order valence-corrected chi connectivity index (χ2v) is 13.1. The quantitative estimate of drug-likeness (QED) is 0.197. The fraction of sp³-hybridized carbons (Fsp3) is 0.333. The molecule has 0 unspecified atom stereocenters. The van der Waals surface area contributed by atoms with Gasteiger partial charge in [-0.2, -0.15) is 13.5 Å². The molecule has 4 aromatic rings. The molecule has 222 valence electrons. The Bertz CT molecular complexity index is 1610. The van der Waals surface area contributed by atoms with Crippen LogP contribution in [-0.4, -0.2) is 30.4 Å². The van der Waals surface area contributed by atoms with Crippen LogP contribution in [0, 0.1) is 5.82 Å². The third kappa shape index (κ3) is 9.27. The largest absolute Gasteiger partial charge is 0.381 e. The molecule has 0 fully saturated rings. The number of carbonyl (C=O) groups is 1. The Kier molecular flexibility index (Phi) is 9.83. The number of halogens is 1. The van der Waals surface area contributed by atoms with Gasteiger partial charge in [-0.25, -0.2) is 4.39 Å². The lowest BCUT2D eigenvalue weighted by molar-refractivity contribution is -0.133. The van der Waals surface area contributed by atoms with E-state index in [0.29, 0.717) is 24.3 Å². The van der Waals surface area contributed by atoms with E-state index in [4.69, 9.17) is 5.10 Å². The fourth-order valence-corrected chi connectivity index (χ4v) is 4.95. The third-order valence-corrected chi connectivity index (χ3v) is 7.38. The highest BCUT2D eigenvalue weighted by atomic mass is 32.2. The zero-order chi connectivity index (χ0) is 30.3. The summed E-state index contributed by atoms with van der Waals surface area (Å²) < 4.78 is 43.1. The number of aromatic nitrogens is 2. The molecule has 9 heteroatoms. The first-order valence-electron chi connectivity index (χ1n) is 14.0. The van der Waals surface area contributed by atoms with E-state index >= 15 is 0 Å². The SMILES string of the molecule is CC(C)(C)c1cc(CCc2ccccc2)n(Cc2ccc(CNc3ccc(CCC(=O)OS(C)(=O)=O)c(F)c3)cc2)n1. The number of benzene rings is 3. The molecule has 0 aliphatic rings. The van der Waals surface area contributed by atoms with Crippen molar-refractivity contribution in [2.45, 2.75) is 65.0 Å². The van der Waals surface area contributed by atoms with Crippen molar-refractivity contribution in [3.63, 3.8) is 0 Å². The van der Waals surface area contributed by atoms with Crippen LogP contribution < -0.4 is 5.32 Å². The Balaban J connectivity index is 1.35. The van der Waals surface area contributed by atoms with Gasteiger partial charge in [-0.1, -0.05) is 81.4 Å². The van der Waals surface area contributed by atoms with Crippen LogP contribution in [0.5, 0.6) is 0 Å². The van der Waals surface area contributed by atoms with E-state index in [1.165, 1.54) is 17.3 Å². The van der Waals surface area contributed by atoms with Crippen molar-refractivity contribution in [1.29, 1.82) is 0 Å². The maximum absolute atomic E-state index is 14.6. The van der Waals surface area contributed by atoms with Crippen LogP contribution in [-0.2, 0) is 56.9 Å². The predicted octanol–water partition coefficient (Wildman–Crippen LogP) is 6.20. The van der Waals surface area contributed by atoms with Crippen LogP contribution in [0.1, 0.15) is 60.8 Å². The molecule has 0 amide bonds. The molecule has 0 saturated carbocycles. The molecular formula is C33H38FN3O4S. The molecule has 1 heterocycles. The molecule has 1 N–H and O–H groups in total. The highest BCUT2D eigenvalue weighted by Gasteiger charge is 2.20. The van der Waals surface area contributed by atoms with Crippen LogP contribution in [0.3, 0.4) is 0 Å². The van der Waals surface area contributed by atoms with Crippen LogP contribution >= 0.6 is 0 Å². The number of hydrogen-bond donors (Lipinski definition) is 1. The van der Waals surface area contributed by atoms with Crippen LogP contribution in [0.15, 0.2) is 78.9 Å². The van der Waals surface area contributed by atoms with Gasteiger partial charge in [-0.15, -0.1) is 0 Å². The lowest BCUT2D eigenvalue weighted by atomic mass is 9.92. The predicted molar refractivity (Wildman–Crippen MR) is 163 cm³/mol. The van der Waals surface area contributed by atoms with Gasteiger partial charge < -0.3 is 9.50 Å². The molecule has 0 aliphatic heterocycles. The fourth-order valence-electron chi connectivity index (χ4n) is 4.52. The van der Waals surface area contributed by atoms with Crippen molar-refractivity contribution in [2.24, 2.45) is 0 Å². The van der Waals surface area contributed by atoms with E-state index in [9.17, 15) is 17.6 Å². The average Bonchev–Trinajstić information content (AvgIpc) is 3.34. The summed E-state index contributed by atoms with van der Waals surface area (Å²) in [6.45, 7) is 7.73. The molecule has 1 aromatic heterocycles. The summed E-state index contributed by atoms with van der Waals surface area (Å²) in [6, 6.07) is 25.7. The van der Waals surface area contributed by atoms with E-state index in [1.54, 1.807) is 12.1 Å². The number of carbonyl (C=O) groups excluding carboxylic acids is 1. The lowest BCUT2D eigenvalue weighted by Gasteiger charge is -2.14. The first-order valence-corrected chi connectivity index (χ1v) is 15.8. The van der Waals surface area contributed by atoms with Gasteiger partial charge in [0.15, 0.2) is 0 Å². The molecule has 0 atom stereocenters. The van der Waals surface area contributed by atoms with Gasteiger partial charge in [0.25, 0.3) is 0 Å². The van der Waals surface area contributed by atoms with Gasteiger partial charge in [-0.3, -0.25) is 9.48 Å². The highest BCUT2D eigenvalue weighted by Crippen LogP contribution is 2.24. The summed E-state index contributed by atoms with van der Waals surface area (Å²) in [5.74, 6) is -1.38. The number of anilines is 1. The highest BCUT2D eigenvalue weighted by molar-refractivity contribution is 7.86. The van der Waals surface area contributed by atoms with Gasteiger partial charge in [0.05, 0.1) is 24.9 Å². The van der Waals surface area contributed by atoms with Gasteiger partial charge in [0.1, 0.15) is 5.82 Å². The number of hydrogen-bond acceptors (Lipinski definition) is 6. The van der Waals surface area contributed by atoms with Crippen molar-refractivity contribution < 1.29 is 21.8 Å². The van der Waals surface area contributed by atoms with Crippen molar-refractivity contribution >= 4 is 21.8 Å². The Labute approximate surface area is 247 Å². The summed E-state index contributed by atoms with van der Waals surface area (Å²) in [6.07, 6.45) is 2.48. The second-order valence-electron chi connectivity index (χ2n) is 11.5. The Morgan fingerprint density at radius 3 is 2.24 bits per heavy atom. The van der Waals surface area contributed by atoms with Gasteiger partial charge in [-0.05, 0) is 59.7 Å². The maximum Gasteiger partial charge on any atom is 0.322 e. The van der Waals surface area contributed by atoms with Crippen molar-refractivity contribution in [3.8, 4) is 0 Å². The zero-order valence-corrected chi connectivity index (χ0v) is 25.4. The first-order chi connectivity index (χ1) is 19.9. The average molecular weight is 592 g/mol. The summed E-state index contributed by atoms with van der Waals surface area (Å²) in [5, 5.41) is 8.18. The molecule has 42 heavy (non-hydrogen) atoms. The molecule has 0 spiro atoms. The molecule has 0 aliphatic carbocycles. The summed E-state index contributed by atoms with van der Waals surface area (Å²) >= 11 is 0. The minimum absolute atomic E-state index is 0.0377. The molecule has 0 saturated heterocycles. The lowest BCUT2D eigenvalue weighted by Crippen LogP contribution is -2.13. The van der Waals surface area contributed by atoms with Crippen molar-refractivity contribution in [2.75, 3.05) is 11.6 Å². The molecule has 0 radical (unpaired) electrons. The first kappa shape index (κ1) is 31.0. The number of nitrogens with zero attached hydrogens (tertiary/aromatic N) is 2. The zero-order valence-electron chi connectivity index (χ0n) is 24.6. The summed E-state index contributed by atoms with van der Waals surface area (Å²) in [7, 11) is -3.87. The standard InChI is InChI=1S/C33H38FN3O4S/c1-33(2,3)31-21-29(18-14-24-8-6-5-7-9-24)37(36-31)23-26-12-10-25(11-13-26)22-35-28-17-15-27(30(34)20-28)16-19-32(38)41-42(4,39)40/h5-13,15,17,20-21,35H,14,16,18-19,22-23H2,1-4H3. The van der Waals surface area contributed by atoms with Gasteiger partial charge in [0, 0.05) is 23.3 Å². The molecule has 3 aromatic carbocycles.